The van der Waals surface area contributed by atoms with Crippen molar-refractivity contribution >= 4 is 40.9 Å². The maximum atomic E-state index is 12.6. The fourth-order valence-electron chi connectivity index (χ4n) is 5.54. The monoisotopic (exact) mass is 606 g/mol. The van der Waals surface area contributed by atoms with E-state index in [2.05, 4.69) is 42.3 Å². The molecule has 2 unspecified atom stereocenters. The molecule has 5 rings (SSSR count). The highest BCUT2D eigenvalue weighted by Gasteiger charge is 2.34. The van der Waals surface area contributed by atoms with Gasteiger partial charge in [-0.1, -0.05) is 12.1 Å². The molecule has 1 aromatic carbocycles. The van der Waals surface area contributed by atoms with Gasteiger partial charge in [-0.2, -0.15) is 0 Å². The summed E-state index contributed by atoms with van der Waals surface area (Å²) in [7, 11) is 2.10. The van der Waals surface area contributed by atoms with E-state index in [9.17, 15) is 9.59 Å². The largest absolute Gasteiger partial charge is 0.461 e. The van der Waals surface area contributed by atoms with Crippen molar-refractivity contribution in [3.63, 3.8) is 0 Å². The van der Waals surface area contributed by atoms with Crippen molar-refractivity contribution in [3.05, 3.63) is 60.4 Å². The molecule has 2 atom stereocenters. The Labute approximate surface area is 257 Å². The summed E-state index contributed by atoms with van der Waals surface area (Å²) in [6, 6.07) is 13.7. The summed E-state index contributed by atoms with van der Waals surface area (Å²) in [6.07, 6.45) is 4.69. The van der Waals surface area contributed by atoms with Crippen LogP contribution in [0.15, 0.2) is 54.9 Å². The van der Waals surface area contributed by atoms with Crippen LogP contribution in [0.5, 0.6) is 0 Å². The zero-order valence-corrected chi connectivity index (χ0v) is 25.5. The van der Waals surface area contributed by atoms with Gasteiger partial charge in [0.2, 0.25) is 11.9 Å². The van der Waals surface area contributed by atoms with Gasteiger partial charge >= 0.3 is 5.97 Å². The summed E-state index contributed by atoms with van der Waals surface area (Å²) < 4.78 is 5.56. The molecule has 4 heterocycles. The quantitative estimate of drug-likeness (QED) is 0.249. The third-order valence-electron chi connectivity index (χ3n) is 7.80. The first-order valence-corrected chi connectivity index (χ1v) is 15.2. The van der Waals surface area contributed by atoms with Crippen LogP contribution in [-0.2, 0) is 20.2 Å². The summed E-state index contributed by atoms with van der Waals surface area (Å²) in [5, 5.41) is 6.32. The van der Waals surface area contributed by atoms with Gasteiger partial charge in [-0.15, -0.1) is 11.6 Å². The van der Waals surface area contributed by atoms with Gasteiger partial charge in [0.15, 0.2) is 0 Å². The topological polar surface area (TPSA) is 116 Å². The molecule has 0 saturated carbocycles. The van der Waals surface area contributed by atoms with E-state index >= 15 is 0 Å². The van der Waals surface area contributed by atoms with Crippen LogP contribution in [0.1, 0.15) is 25.3 Å². The van der Waals surface area contributed by atoms with E-state index < -0.39 is 0 Å². The van der Waals surface area contributed by atoms with E-state index in [1.807, 2.05) is 42.5 Å². The highest BCUT2D eigenvalue weighted by Crippen LogP contribution is 2.29. The minimum Gasteiger partial charge on any atom is -0.461 e. The zero-order chi connectivity index (χ0) is 30.2. The minimum absolute atomic E-state index is 0.0403. The number of alkyl halides is 1. The number of aromatic nitrogens is 3. The Kier molecular flexibility index (Phi) is 10.4. The highest BCUT2D eigenvalue weighted by molar-refractivity contribution is 6.17. The van der Waals surface area contributed by atoms with Gasteiger partial charge in [0.25, 0.3) is 0 Å². The Morgan fingerprint density at radius 3 is 2.67 bits per heavy atom. The predicted molar refractivity (Wildman–Crippen MR) is 167 cm³/mol. The predicted octanol–water partition coefficient (Wildman–Crippen LogP) is 3.29. The Morgan fingerprint density at radius 1 is 1.09 bits per heavy atom. The number of carbonyl (C=O) groups is 2. The van der Waals surface area contributed by atoms with E-state index in [0.717, 1.165) is 60.9 Å². The normalized spacial score (nSPS) is 19.3. The molecule has 2 fully saturated rings. The number of likely N-dealkylation sites (N-methyl/N-ethyl adjacent to an activating group) is 1. The number of ether oxygens (including phenoxy) is 1. The molecule has 12 heteroatoms. The number of anilines is 3. The van der Waals surface area contributed by atoms with Crippen LogP contribution < -0.4 is 15.5 Å². The fourth-order valence-corrected chi connectivity index (χ4v) is 5.71. The number of halogens is 1. The first-order valence-electron chi connectivity index (χ1n) is 14.7. The average Bonchev–Trinajstić information content (AvgIpc) is 3.40. The van der Waals surface area contributed by atoms with Gasteiger partial charge in [-0.05, 0) is 49.4 Å². The van der Waals surface area contributed by atoms with Crippen molar-refractivity contribution in [1.29, 1.82) is 0 Å². The molecular weight excluding hydrogens is 568 g/mol. The molecule has 2 aromatic heterocycles. The smallest absolute Gasteiger partial charge is 0.302 e. The summed E-state index contributed by atoms with van der Waals surface area (Å²) in [4.78, 5) is 44.7. The van der Waals surface area contributed by atoms with E-state index in [0.29, 0.717) is 37.9 Å². The van der Waals surface area contributed by atoms with Gasteiger partial charge in [0, 0.05) is 81.6 Å². The molecule has 2 aliphatic rings. The lowest BCUT2D eigenvalue weighted by molar-refractivity contribution is -0.145. The van der Waals surface area contributed by atoms with Crippen molar-refractivity contribution in [2.75, 3.05) is 63.1 Å². The lowest BCUT2D eigenvalue weighted by Crippen LogP contribution is -2.48. The molecule has 1 amide bonds. The zero-order valence-electron chi connectivity index (χ0n) is 24.7. The second-order valence-electron chi connectivity index (χ2n) is 11.1. The number of rotatable bonds is 11. The number of nitrogens with one attached hydrogen (secondary N) is 2. The summed E-state index contributed by atoms with van der Waals surface area (Å²) in [5.41, 5.74) is 3.46. The standard InChI is InChI=1S/C31H39ClN8O3/c1-22(41)43-27-17-26(8-10-33-30(42)21-39-14-12-38(2)13-15-39)40(20-27)29-7-6-24(19-35-29)28-9-11-34-31(37-28)36-25-5-3-4-23(16-25)18-32/h3-7,9,11,16,19,26-27H,8,10,12-15,17-18,20-21H2,1-2H3,(H,33,42)(H,34,36,37). The van der Waals surface area contributed by atoms with Crippen LogP contribution in [0.3, 0.4) is 0 Å². The number of hydrogen-bond acceptors (Lipinski definition) is 10. The van der Waals surface area contributed by atoms with Crippen LogP contribution in [0, 0.1) is 0 Å². The van der Waals surface area contributed by atoms with E-state index in [1.165, 1.54) is 6.92 Å². The number of amides is 1. The van der Waals surface area contributed by atoms with E-state index in [-0.39, 0.29) is 24.0 Å². The summed E-state index contributed by atoms with van der Waals surface area (Å²) in [6.45, 7) is 6.71. The third-order valence-corrected chi connectivity index (χ3v) is 8.11. The lowest BCUT2D eigenvalue weighted by atomic mass is 10.1. The molecule has 3 aromatic rings. The molecule has 2 saturated heterocycles. The number of pyridine rings is 1. The second kappa shape index (κ2) is 14.6. The third kappa shape index (κ3) is 8.62. The second-order valence-corrected chi connectivity index (χ2v) is 11.4. The lowest BCUT2D eigenvalue weighted by Gasteiger charge is -2.31. The SMILES string of the molecule is CC(=O)OC1CC(CCNC(=O)CN2CCN(C)CC2)N(c2ccc(-c3ccnc(Nc4cccc(CCl)c4)n3)cn2)C1. The maximum Gasteiger partial charge on any atom is 0.302 e. The minimum atomic E-state index is -0.294. The molecule has 0 spiro atoms. The molecule has 0 bridgehead atoms. The Bertz CT molecular complexity index is 1380. The van der Waals surface area contributed by atoms with Crippen molar-refractivity contribution in [3.8, 4) is 11.3 Å². The Morgan fingerprint density at radius 2 is 1.93 bits per heavy atom. The van der Waals surface area contributed by atoms with Gasteiger partial charge in [0.1, 0.15) is 11.9 Å². The molecule has 43 heavy (non-hydrogen) atoms. The number of esters is 1. The Hall–Kier alpha value is -3.80. The van der Waals surface area contributed by atoms with Crippen LogP contribution in [0.4, 0.5) is 17.5 Å². The number of nitrogens with zero attached hydrogens (tertiary/aromatic N) is 6. The molecule has 0 radical (unpaired) electrons. The van der Waals surface area contributed by atoms with Crippen molar-refractivity contribution in [2.45, 2.75) is 37.8 Å². The first-order chi connectivity index (χ1) is 20.9. The number of piperazine rings is 1. The van der Waals surface area contributed by atoms with Crippen molar-refractivity contribution < 1.29 is 14.3 Å². The summed E-state index contributed by atoms with van der Waals surface area (Å²) >= 11 is 5.97. The fraction of sp³-hybridized carbons (Fsp3) is 0.452. The number of benzene rings is 1. The van der Waals surface area contributed by atoms with Crippen LogP contribution in [-0.4, -0.2) is 102 Å². The highest BCUT2D eigenvalue weighted by atomic mass is 35.5. The van der Waals surface area contributed by atoms with Crippen LogP contribution >= 0.6 is 11.6 Å². The van der Waals surface area contributed by atoms with E-state index in [4.69, 9.17) is 21.3 Å². The van der Waals surface area contributed by atoms with Gasteiger partial charge < -0.3 is 25.2 Å². The Balaban J connectivity index is 1.21. The molecule has 0 aliphatic carbocycles. The van der Waals surface area contributed by atoms with E-state index in [1.54, 1.807) is 12.4 Å². The van der Waals surface area contributed by atoms with Crippen LogP contribution in [0.2, 0.25) is 0 Å². The molecular formula is C31H39ClN8O3. The number of carbonyl (C=O) groups excluding carboxylic acids is 2. The van der Waals surface area contributed by atoms with Gasteiger partial charge in [0.05, 0.1) is 18.8 Å². The molecule has 2 N–H and O–H groups in total. The first kappa shape index (κ1) is 30.7. The van der Waals surface area contributed by atoms with Crippen molar-refractivity contribution in [2.24, 2.45) is 0 Å². The van der Waals surface area contributed by atoms with Gasteiger partial charge in [-0.25, -0.2) is 15.0 Å². The van der Waals surface area contributed by atoms with Crippen LogP contribution in [0.25, 0.3) is 11.3 Å². The number of hydrogen-bond donors (Lipinski definition) is 2. The molecule has 228 valence electrons. The van der Waals surface area contributed by atoms with Gasteiger partial charge in [-0.3, -0.25) is 14.5 Å². The average molecular weight is 607 g/mol. The molecule has 11 nitrogen and oxygen atoms in total. The summed E-state index contributed by atoms with van der Waals surface area (Å²) in [5.74, 6) is 1.44. The molecule has 2 aliphatic heterocycles. The maximum absolute atomic E-state index is 12.6. The van der Waals surface area contributed by atoms with Crippen molar-refractivity contribution in [1.82, 2.24) is 30.1 Å².